The van der Waals surface area contributed by atoms with Gasteiger partial charge in [-0.2, -0.15) is 0 Å². The molecule has 0 aliphatic carbocycles. The van der Waals surface area contributed by atoms with E-state index in [1.54, 1.807) is 45.3 Å². The quantitative estimate of drug-likeness (QED) is 0.912. The number of nitrogens with zero attached hydrogens (tertiary/aromatic N) is 2. The SMILES string of the molecule is COc1cc(C(=O)N(C)CC(=O)Nc2cc(C)on2)ccc1C. The number of hydrogen-bond donors (Lipinski definition) is 1. The van der Waals surface area contributed by atoms with Gasteiger partial charge in [-0.25, -0.2) is 0 Å². The molecule has 0 spiro atoms. The third kappa shape index (κ3) is 4.09. The fourth-order valence-electron chi connectivity index (χ4n) is 2.07. The van der Waals surface area contributed by atoms with Gasteiger partial charge < -0.3 is 19.5 Å². The number of likely N-dealkylation sites (N-methyl/N-ethyl adjacent to an activating group) is 1. The highest BCUT2D eigenvalue weighted by atomic mass is 16.5. The van der Waals surface area contributed by atoms with Crippen molar-refractivity contribution in [3.63, 3.8) is 0 Å². The number of aromatic nitrogens is 1. The van der Waals surface area contributed by atoms with E-state index < -0.39 is 0 Å². The molecule has 0 saturated carbocycles. The highest BCUT2D eigenvalue weighted by Gasteiger charge is 2.17. The summed E-state index contributed by atoms with van der Waals surface area (Å²) in [4.78, 5) is 25.6. The van der Waals surface area contributed by atoms with Gasteiger partial charge in [0.1, 0.15) is 11.5 Å². The summed E-state index contributed by atoms with van der Waals surface area (Å²) in [5.74, 6) is 0.927. The molecular formula is C16H19N3O4. The Hall–Kier alpha value is -2.83. The number of nitrogens with one attached hydrogen (secondary N) is 1. The molecule has 1 aromatic carbocycles. The van der Waals surface area contributed by atoms with Crippen LogP contribution in [0.25, 0.3) is 0 Å². The Bertz CT molecular complexity index is 724. The van der Waals surface area contributed by atoms with Gasteiger partial charge in [-0.05, 0) is 31.5 Å². The van der Waals surface area contributed by atoms with Crippen LogP contribution >= 0.6 is 0 Å². The number of methoxy groups -OCH3 is 1. The van der Waals surface area contributed by atoms with Gasteiger partial charge >= 0.3 is 0 Å². The summed E-state index contributed by atoms with van der Waals surface area (Å²) < 4.78 is 10.1. The van der Waals surface area contributed by atoms with E-state index in [0.29, 0.717) is 22.9 Å². The summed E-state index contributed by atoms with van der Waals surface area (Å²) >= 11 is 0. The average Bonchev–Trinajstić information content (AvgIpc) is 2.91. The molecule has 122 valence electrons. The molecule has 7 nitrogen and oxygen atoms in total. The van der Waals surface area contributed by atoms with Crippen LogP contribution in [0.3, 0.4) is 0 Å². The lowest BCUT2D eigenvalue weighted by Crippen LogP contribution is -2.35. The standard InChI is InChI=1S/C16H19N3O4/c1-10-5-6-12(8-13(10)22-4)16(21)19(3)9-15(20)17-14-7-11(2)23-18-14/h5-8H,9H2,1-4H3,(H,17,18,20). The van der Waals surface area contributed by atoms with E-state index in [1.807, 2.05) is 6.92 Å². The van der Waals surface area contributed by atoms with Crippen molar-refractivity contribution < 1.29 is 18.8 Å². The van der Waals surface area contributed by atoms with E-state index in [-0.39, 0.29) is 18.4 Å². The predicted molar refractivity (Wildman–Crippen MR) is 84.6 cm³/mol. The summed E-state index contributed by atoms with van der Waals surface area (Å²) in [7, 11) is 3.11. The van der Waals surface area contributed by atoms with Gasteiger partial charge in [0.2, 0.25) is 5.91 Å². The zero-order chi connectivity index (χ0) is 17.0. The van der Waals surface area contributed by atoms with Crippen LogP contribution in [0.1, 0.15) is 21.7 Å². The summed E-state index contributed by atoms with van der Waals surface area (Å²) in [6.07, 6.45) is 0. The van der Waals surface area contributed by atoms with Gasteiger partial charge in [-0.1, -0.05) is 11.2 Å². The molecule has 0 aliphatic rings. The van der Waals surface area contributed by atoms with Crippen molar-refractivity contribution in [2.75, 3.05) is 26.0 Å². The summed E-state index contributed by atoms with van der Waals surface area (Å²) in [6, 6.07) is 6.77. The van der Waals surface area contributed by atoms with Crippen molar-refractivity contribution in [2.45, 2.75) is 13.8 Å². The highest BCUT2D eigenvalue weighted by molar-refractivity contribution is 5.99. The second-order valence-corrected chi connectivity index (χ2v) is 5.22. The monoisotopic (exact) mass is 317 g/mol. The number of ether oxygens (including phenoxy) is 1. The lowest BCUT2D eigenvalue weighted by atomic mass is 10.1. The molecule has 7 heteroatoms. The van der Waals surface area contributed by atoms with Crippen molar-refractivity contribution in [2.24, 2.45) is 0 Å². The number of anilines is 1. The second kappa shape index (κ2) is 6.95. The maximum atomic E-state index is 12.4. The second-order valence-electron chi connectivity index (χ2n) is 5.22. The first-order valence-corrected chi connectivity index (χ1v) is 7.04. The van der Waals surface area contributed by atoms with Crippen LogP contribution in [0.15, 0.2) is 28.8 Å². The highest BCUT2D eigenvalue weighted by Crippen LogP contribution is 2.19. The molecule has 1 aromatic heterocycles. The van der Waals surface area contributed by atoms with E-state index in [9.17, 15) is 9.59 Å². The Morgan fingerprint density at radius 2 is 2.04 bits per heavy atom. The van der Waals surface area contributed by atoms with Gasteiger partial charge in [0.05, 0.1) is 13.7 Å². The Balaban J connectivity index is 2.00. The number of aryl methyl sites for hydroxylation is 2. The number of amides is 2. The van der Waals surface area contributed by atoms with Crippen LogP contribution in [0.2, 0.25) is 0 Å². The fraction of sp³-hybridized carbons (Fsp3) is 0.312. The smallest absolute Gasteiger partial charge is 0.254 e. The molecule has 0 fully saturated rings. The molecule has 2 amide bonds. The van der Waals surface area contributed by atoms with Gasteiger partial charge in [-0.15, -0.1) is 0 Å². The first kappa shape index (κ1) is 16.5. The largest absolute Gasteiger partial charge is 0.496 e. The summed E-state index contributed by atoms with van der Waals surface area (Å²) in [5, 5.41) is 6.24. The van der Waals surface area contributed by atoms with Crippen LogP contribution < -0.4 is 10.1 Å². The molecule has 0 aliphatic heterocycles. The Morgan fingerprint density at radius 1 is 1.30 bits per heavy atom. The van der Waals surface area contributed by atoms with E-state index in [0.717, 1.165) is 5.56 Å². The number of rotatable bonds is 5. The van der Waals surface area contributed by atoms with Crippen molar-refractivity contribution in [1.29, 1.82) is 0 Å². The number of carbonyl (C=O) groups is 2. The maximum absolute atomic E-state index is 12.4. The van der Waals surface area contributed by atoms with Crippen LogP contribution in [0.5, 0.6) is 5.75 Å². The molecule has 23 heavy (non-hydrogen) atoms. The van der Waals surface area contributed by atoms with Gasteiger partial charge in [-0.3, -0.25) is 9.59 Å². The molecule has 1 heterocycles. The van der Waals surface area contributed by atoms with Gasteiger partial charge in [0.15, 0.2) is 5.82 Å². The first-order chi connectivity index (χ1) is 10.9. The maximum Gasteiger partial charge on any atom is 0.254 e. The summed E-state index contributed by atoms with van der Waals surface area (Å²) in [5.41, 5.74) is 1.39. The lowest BCUT2D eigenvalue weighted by Gasteiger charge is -2.17. The third-order valence-corrected chi connectivity index (χ3v) is 3.28. The third-order valence-electron chi connectivity index (χ3n) is 3.28. The summed E-state index contributed by atoms with van der Waals surface area (Å²) in [6.45, 7) is 3.52. The fourth-order valence-corrected chi connectivity index (χ4v) is 2.07. The zero-order valence-corrected chi connectivity index (χ0v) is 13.5. The number of benzene rings is 1. The van der Waals surface area contributed by atoms with Gasteiger partial charge in [0.25, 0.3) is 5.91 Å². The predicted octanol–water partition coefficient (Wildman–Crippen LogP) is 2.01. The first-order valence-electron chi connectivity index (χ1n) is 7.04. The minimum absolute atomic E-state index is 0.0963. The molecule has 0 bridgehead atoms. The van der Waals surface area contributed by atoms with Crippen molar-refractivity contribution in [3.05, 3.63) is 41.2 Å². The molecule has 2 rings (SSSR count). The molecule has 2 aromatic rings. The molecule has 0 atom stereocenters. The minimum atomic E-state index is -0.353. The van der Waals surface area contributed by atoms with E-state index in [1.165, 1.54) is 4.90 Å². The molecule has 1 N–H and O–H groups in total. The van der Waals surface area contributed by atoms with E-state index >= 15 is 0 Å². The Kier molecular flexibility index (Phi) is 5.00. The Morgan fingerprint density at radius 3 is 2.65 bits per heavy atom. The lowest BCUT2D eigenvalue weighted by molar-refractivity contribution is -0.116. The minimum Gasteiger partial charge on any atom is -0.496 e. The average molecular weight is 317 g/mol. The molecule has 0 unspecified atom stereocenters. The van der Waals surface area contributed by atoms with Crippen molar-refractivity contribution in [3.8, 4) is 5.75 Å². The van der Waals surface area contributed by atoms with Crippen LogP contribution in [-0.4, -0.2) is 42.6 Å². The van der Waals surface area contributed by atoms with Crippen molar-refractivity contribution >= 4 is 17.6 Å². The number of carbonyl (C=O) groups excluding carboxylic acids is 2. The van der Waals surface area contributed by atoms with Crippen LogP contribution in [-0.2, 0) is 4.79 Å². The van der Waals surface area contributed by atoms with Gasteiger partial charge in [0, 0.05) is 18.7 Å². The van der Waals surface area contributed by atoms with E-state index in [4.69, 9.17) is 9.26 Å². The topological polar surface area (TPSA) is 84.7 Å². The number of hydrogen-bond acceptors (Lipinski definition) is 5. The van der Waals surface area contributed by atoms with Crippen molar-refractivity contribution in [1.82, 2.24) is 10.1 Å². The molecule has 0 saturated heterocycles. The molecular weight excluding hydrogens is 298 g/mol. The molecule has 0 radical (unpaired) electrons. The Labute approximate surface area is 134 Å². The zero-order valence-electron chi connectivity index (χ0n) is 13.5. The van der Waals surface area contributed by atoms with Crippen LogP contribution in [0.4, 0.5) is 5.82 Å². The van der Waals surface area contributed by atoms with Crippen LogP contribution in [0, 0.1) is 13.8 Å². The van der Waals surface area contributed by atoms with E-state index in [2.05, 4.69) is 10.5 Å². The normalized spacial score (nSPS) is 10.3.